The van der Waals surface area contributed by atoms with E-state index in [1.54, 1.807) is 50.4 Å². The first kappa shape index (κ1) is 18.9. The van der Waals surface area contributed by atoms with Gasteiger partial charge in [-0.3, -0.25) is 9.52 Å². The Labute approximate surface area is 167 Å². The summed E-state index contributed by atoms with van der Waals surface area (Å²) in [6.45, 7) is 1.74. The van der Waals surface area contributed by atoms with Crippen molar-refractivity contribution in [2.45, 2.75) is 11.8 Å². The molecule has 0 aromatic heterocycles. The van der Waals surface area contributed by atoms with E-state index in [0.29, 0.717) is 27.6 Å². The second-order valence-electron chi connectivity index (χ2n) is 6.80. The van der Waals surface area contributed by atoms with Gasteiger partial charge in [0.1, 0.15) is 0 Å². The molecule has 0 atom stereocenters. The first-order valence-electron chi connectivity index (χ1n) is 8.80. The lowest BCUT2D eigenvalue weighted by Gasteiger charge is -2.15. The summed E-state index contributed by atoms with van der Waals surface area (Å²) in [5, 5.41) is 1.08. The van der Waals surface area contributed by atoms with Gasteiger partial charge in [0, 0.05) is 23.4 Å². The number of hydrogen-bond donors (Lipinski definition) is 1. The maximum Gasteiger partial charge on any atom is 0.337 e. The maximum atomic E-state index is 13.2. The maximum absolute atomic E-state index is 13.2. The number of sulfonamides is 1. The lowest BCUT2D eigenvalue weighted by atomic mass is 10.1. The van der Waals surface area contributed by atoms with Crippen LogP contribution in [0.15, 0.2) is 53.4 Å². The summed E-state index contributed by atoms with van der Waals surface area (Å²) in [7, 11) is -1.07. The van der Waals surface area contributed by atoms with Crippen LogP contribution in [-0.2, 0) is 14.8 Å². The van der Waals surface area contributed by atoms with E-state index in [1.165, 1.54) is 24.1 Å². The zero-order chi connectivity index (χ0) is 20.9. The van der Waals surface area contributed by atoms with E-state index in [-0.39, 0.29) is 22.1 Å². The number of aryl methyl sites for hydroxylation is 1. The first-order chi connectivity index (χ1) is 13.7. The first-order valence-corrected chi connectivity index (χ1v) is 10.3. The van der Waals surface area contributed by atoms with Crippen LogP contribution < -0.4 is 9.62 Å². The number of amides is 1. The van der Waals surface area contributed by atoms with Crippen molar-refractivity contribution in [3.63, 3.8) is 0 Å². The van der Waals surface area contributed by atoms with Crippen LogP contribution in [0.4, 0.5) is 11.4 Å². The van der Waals surface area contributed by atoms with Crippen molar-refractivity contribution < 1.29 is 22.7 Å². The molecule has 3 aromatic rings. The van der Waals surface area contributed by atoms with Crippen molar-refractivity contribution in [2.24, 2.45) is 0 Å². The number of nitrogens with one attached hydrogen (secondary N) is 1. The minimum atomic E-state index is -3.98. The van der Waals surface area contributed by atoms with E-state index in [2.05, 4.69) is 4.72 Å². The number of nitrogens with zero attached hydrogens (tertiary/aromatic N) is 1. The largest absolute Gasteiger partial charge is 0.465 e. The second-order valence-corrected chi connectivity index (χ2v) is 8.45. The summed E-state index contributed by atoms with van der Waals surface area (Å²) >= 11 is 0. The third kappa shape index (κ3) is 2.92. The Morgan fingerprint density at radius 2 is 1.86 bits per heavy atom. The van der Waals surface area contributed by atoms with E-state index in [4.69, 9.17) is 4.74 Å². The normalized spacial score (nSPS) is 13.1. The van der Waals surface area contributed by atoms with Crippen molar-refractivity contribution in [2.75, 3.05) is 23.8 Å². The summed E-state index contributed by atoms with van der Waals surface area (Å²) < 4.78 is 33.7. The summed E-state index contributed by atoms with van der Waals surface area (Å²) in [5.41, 5.74) is 2.32. The van der Waals surface area contributed by atoms with E-state index in [0.717, 1.165) is 0 Å². The molecule has 8 heteroatoms. The number of rotatable bonds is 4. The fourth-order valence-electron chi connectivity index (χ4n) is 3.52. The van der Waals surface area contributed by atoms with Crippen LogP contribution in [0, 0.1) is 6.92 Å². The molecular formula is C21H18N2O5S. The van der Waals surface area contributed by atoms with E-state index < -0.39 is 16.0 Å². The molecular weight excluding hydrogens is 392 g/mol. The van der Waals surface area contributed by atoms with Crippen LogP contribution in [0.1, 0.15) is 26.3 Å². The van der Waals surface area contributed by atoms with Gasteiger partial charge in [-0.25, -0.2) is 13.2 Å². The molecule has 0 bridgehead atoms. The SMILES string of the molecule is COC(=O)c1ccc(C)c(NS(=O)(=O)c2ccc3c4c(cccc24)C(=O)N3C)c1. The Kier molecular flexibility index (Phi) is 4.31. The summed E-state index contributed by atoms with van der Waals surface area (Å²) in [6, 6.07) is 12.8. The van der Waals surface area contributed by atoms with Gasteiger partial charge in [0.15, 0.2) is 0 Å². The molecule has 0 saturated heterocycles. The monoisotopic (exact) mass is 410 g/mol. The van der Waals surface area contributed by atoms with Gasteiger partial charge in [0.05, 0.1) is 28.9 Å². The summed E-state index contributed by atoms with van der Waals surface area (Å²) in [6.07, 6.45) is 0. The third-order valence-corrected chi connectivity index (χ3v) is 6.49. The Morgan fingerprint density at radius 3 is 2.59 bits per heavy atom. The van der Waals surface area contributed by atoms with Gasteiger partial charge >= 0.3 is 5.97 Å². The number of hydrogen-bond acceptors (Lipinski definition) is 5. The quantitative estimate of drug-likeness (QED) is 0.666. The molecule has 0 saturated carbocycles. The molecule has 1 aliphatic rings. The number of anilines is 2. The summed E-state index contributed by atoms with van der Waals surface area (Å²) in [5.74, 6) is -0.730. The fraction of sp³-hybridized carbons (Fsp3) is 0.143. The topological polar surface area (TPSA) is 92.8 Å². The van der Waals surface area contributed by atoms with Crippen molar-refractivity contribution >= 4 is 44.0 Å². The van der Waals surface area contributed by atoms with E-state index in [9.17, 15) is 18.0 Å². The van der Waals surface area contributed by atoms with Gasteiger partial charge < -0.3 is 9.64 Å². The average molecular weight is 410 g/mol. The highest BCUT2D eigenvalue weighted by molar-refractivity contribution is 7.93. The molecule has 1 amide bonds. The van der Waals surface area contributed by atoms with Gasteiger partial charge in [-0.15, -0.1) is 0 Å². The van der Waals surface area contributed by atoms with Gasteiger partial charge in [0.2, 0.25) is 0 Å². The molecule has 0 spiro atoms. The number of carbonyl (C=O) groups excluding carboxylic acids is 2. The minimum absolute atomic E-state index is 0.0593. The molecule has 1 aliphatic heterocycles. The van der Waals surface area contributed by atoms with Crippen LogP contribution in [0.25, 0.3) is 10.8 Å². The fourth-order valence-corrected chi connectivity index (χ4v) is 4.85. The minimum Gasteiger partial charge on any atom is -0.465 e. The van der Waals surface area contributed by atoms with Crippen LogP contribution in [0.3, 0.4) is 0 Å². The van der Waals surface area contributed by atoms with Crippen molar-refractivity contribution in [1.29, 1.82) is 0 Å². The van der Waals surface area contributed by atoms with Crippen molar-refractivity contribution in [1.82, 2.24) is 0 Å². The average Bonchev–Trinajstić information content (AvgIpc) is 2.95. The number of carbonyl (C=O) groups is 2. The van der Waals surface area contributed by atoms with Crippen molar-refractivity contribution in [3.8, 4) is 0 Å². The summed E-state index contributed by atoms with van der Waals surface area (Å²) in [4.78, 5) is 25.8. The number of ether oxygens (including phenoxy) is 1. The molecule has 29 heavy (non-hydrogen) atoms. The van der Waals surface area contributed by atoms with Crippen molar-refractivity contribution in [3.05, 3.63) is 65.2 Å². The molecule has 0 fully saturated rings. The predicted molar refractivity (Wildman–Crippen MR) is 110 cm³/mol. The van der Waals surface area contributed by atoms with Gasteiger partial charge in [-0.2, -0.15) is 0 Å². The zero-order valence-corrected chi connectivity index (χ0v) is 16.8. The lowest BCUT2D eigenvalue weighted by molar-refractivity contribution is 0.0600. The number of methoxy groups -OCH3 is 1. The Morgan fingerprint density at radius 1 is 1.10 bits per heavy atom. The molecule has 4 rings (SSSR count). The molecule has 7 nitrogen and oxygen atoms in total. The molecule has 1 N–H and O–H groups in total. The molecule has 0 unspecified atom stereocenters. The van der Waals surface area contributed by atoms with E-state index in [1.807, 2.05) is 0 Å². The number of esters is 1. The second kappa shape index (κ2) is 6.59. The highest BCUT2D eigenvalue weighted by Gasteiger charge is 2.30. The Balaban J connectivity index is 1.84. The van der Waals surface area contributed by atoms with Crippen LogP contribution in [0.2, 0.25) is 0 Å². The highest BCUT2D eigenvalue weighted by atomic mass is 32.2. The van der Waals surface area contributed by atoms with Gasteiger partial charge in [-0.05, 0) is 42.8 Å². The smallest absolute Gasteiger partial charge is 0.337 e. The van der Waals surface area contributed by atoms with Crippen LogP contribution in [0.5, 0.6) is 0 Å². The molecule has 0 radical (unpaired) electrons. The zero-order valence-electron chi connectivity index (χ0n) is 16.0. The van der Waals surface area contributed by atoms with E-state index >= 15 is 0 Å². The Bertz CT molecular complexity index is 1300. The van der Waals surface area contributed by atoms with Crippen LogP contribution in [-0.4, -0.2) is 34.5 Å². The predicted octanol–water partition coefficient (Wildman–Crippen LogP) is 3.33. The van der Waals surface area contributed by atoms with Gasteiger partial charge in [-0.1, -0.05) is 18.2 Å². The van der Waals surface area contributed by atoms with Gasteiger partial charge in [0.25, 0.3) is 15.9 Å². The lowest BCUT2D eigenvalue weighted by Crippen LogP contribution is -2.20. The standard InChI is InChI=1S/C21H18N2O5S/c1-12-7-8-13(21(25)28-3)11-16(12)22-29(26,27)18-10-9-17-19-14(18)5-4-6-15(19)20(24)23(17)2/h4-11,22H,1-3H3. The molecule has 1 heterocycles. The van der Waals surface area contributed by atoms with Crippen LogP contribution >= 0.6 is 0 Å². The third-order valence-electron chi connectivity index (χ3n) is 5.07. The molecule has 3 aromatic carbocycles. The highest BCUT2D eigenvalue weighted by Crippen LogP contribution is 2.39. The number of benzene rings is 3. The molecule has 148 valence electrons. The Hall–Kier alpha value is -3.39. The molecule has 0 aliphatic carbocycles.